The molecule has 3 aromatic rings. The zero-order valence-corrected chi connectivity index (χ0v) is 16.6. The summed E-state index contributed by atoms with van der Waals surface area (Å²) < 4.78 is 1.16. The van der Waals surface area contributed by atoms with Crippen LogP contribution in [0.25, 0.3) is 10.9 Å². The third-order valence-electron chi connectivity index (χ3n) is 4.64. The third kappa shape index (κ3) is 3.97. The Labute approximate surface area is 163 Å². The Kier molecular flexibility index (Phi) is 5.08. The SMILES string of the molecule is CC(C)(C)C(=O)Nn1c(CC(C)(O)c2ccccc2)nc2ccccc2c1=O. The number of carbonyl (C=O) groups excluding carboxylic acids is 1. The van der Waals surface area contributed by atoms with Gasteiger partial charge in [-0.15, -0.1) is 0 Å². The van der Waals surface area contributed by atoms with Crippen LogP contribution >= 0.6 is 0 Å². The molecule has 1 unspecified atom stereocenters. The van der Waals surface area contributed by atoms with E-state index in [-0.39, 0.29) is 23.7 Å². The third-order valence-corrected chi connectivity index (χ3v) is 4.64. The van der Waals surface area contributed by atoms with E-state index in [4.69, 9.17) is 0 Å². The number of rotatable bonds is 4. The quantitative estimate of drug-likeness (QED) is 0.730. The lowest BCUT2D eigenvalue weighted by Gasteiger charge is -2.26. The lowest BCUT2D eigenvalue weighted by atomic mass is 9.92. The minimum atomic E-state index is -1.27. The minimum absolute atomic E-state index is 0.0571. The lowest BCUT2D eigenvalue weighted by Crippen LogP contribution is -2.42. The molecule has 0 saturated heterocycles. The standard InChI is InChI=1S/C22H25N3O3/c1-21(2,3)20(27)24-25-18(14-22(4,28)15-10-6-5-7-11-15)23-17-13-9-8-12-16(17)19(25)26/h5-13,28H,14H2,1-4H3,(H,24,27). The molecule has 0 radical (unpaired) electrons. The van der Waals surface area contributed by atoms with E-state index >= 15 is 0 Å². The summed E-state index contributed by atoms with van der Waals surface area (Å²) in [7, 11) is 0. The summed E-state index contributed by atoms with van der Waals surface area (Å²) in [5, 5.41) is 11.5. The van der Waals surface area contributed by atoms with E-state index < -0.39 is 11.0 Å². The summed E-state index contributed by atoms with van der Waals surface area (Å²) in [4.78, 5) is 30.2. The number of aliphatic hydroxyl groups is 1. The van der Waals surface area contributed by atoms with Crippen molar-refractivity contribution in [3.05, 3.63) is 76.3 Å². The van der Waals surface area contributed by atoms with Crippen LogP contribution in [0.4, 0.5) is 0 Å². The maximum absolute atomic E-state index is 13.1. The zero-order chi connectivity index (χ0) is 20.5. The van der Waals surface area contributed by atoms with Gasteiger partial charge in [0.15, 0.2) is 0 Å². The average Bonchev–Trinajstić information content (AvgIpc) is 2.64. The first-order valence-corrected chi connectivity index (χ1v) is 9.20. The number of fused-ring (bicyclic) bond motifs is 1. The van der Waals surface area contributed by atoms with Gasteiger partial charge in [0.2, 0.25) is 5.91 Å². The van der Waals surface area contributed by atoms with Crippen molar-refractivity contribution in [2.45, 2.75) is 39.7 Å². The van der Waals surface area contributed by atoms with Gasteiger partial charge in [-0.2, -0.15) is 0 Å². The number of nitrogens with one attached hydrogen (secondary N) is 1. The number of benzene rings is 2. The van der Waals surface area contributed by atoms with Crippen molar-refractivity contribution in [2.24, 2.45) is 5.41 Å². The molecule has 28 heavy (non-hydrogen) atoms. The highest BCUT2D eigenvalue weighted by Crippen LogP contribution is 2.25. The fourth-order valence-corrected chi connectivity index (χ4v) is 2.89. The van der Waals surface area contributed by atoms with Gasteiger partial charge < -0.3 is 5.11 Å². The number of amides is 1. The van der Waals surface area contributed by atoms with E-state index in [1.807, 2.05) is 30.3 Å². The Morgan fingerprint density at radius 1 is 1.04 bits per heavy atom. The molecular weight excluding hydrogens is 354 g/mol. The summed E-state index contributed by atoms with van der Waals surface area (Å²) in [6, 6.07) is 16.1. The first-order chi connectivity index (χ1) is 13.1. The van der Waals surface area contributed by atoms with Crippen molar-refractivity contribution in [1.29, 1.82) is 0 Å². The van der Waals surface area contributed by atoms with E-state index in [2.05, 4.69) is 10.4 Å². The predicted molar refractivity (Wildman–Crippen MR) is 110 cm³/mol. The van der Waals surface area contributed by atoms with E-state index in [1.165, 1.54) is 0 Å². The fourth-order valence-electron chi connectivity index (χ4n) is 2.89. The second-order valence-corrected chi connectivity index (χ2v) is 8.19. The molecule has 146 valence electrons. The molecule has 1 atom stereocenters. The largest absolute Gasteiger partial charge is 0.385 e. The van der Waals surface area contributed by atoms with Gasteiger partial charge in [-0.1, -0.05) is 63.2 Å². The summed E-state index contributed by atoms with van der Waals surface area (Å²) in [6.07, 6.45) is 0.0571. The van der Waals surface area contributed by atoms with Crippen molar-refractivity contribution in [3.63, 3.8) is 0 Å². The Morgan fingerprint density at radius 2 is 1.64 bits per heavy atom. The molecule has 0 aliphatic heterocycles. The van der Waals surface area contributed by atoms with Crippen molar-refractivity contribution < 1.29 is 9.90 Å². The van der Waals surface area contributed by atoms with Crippen molar-refractivity contribution in [1.82, 2.24) is 9.66 Å². The highest BCUT2D eigenvalue weighted by atomic mass is 16.3. The van der Waals surface area contributed by atoms with Gasteiger partial charge in [0.25, 0.3) is 5.56 Å². The van der Waals surface area contributed by atoms with E-state index in [9.17, 15) is 14.7 Å². The smallest absolute Gasteiger partial charge is 0.280 e. The molecule has 6 heteroatoms. The second kappa shape index (κ2) is 7.20. The number of para-hydroxylation sites is 1. The fraction of sp³-hybridized carbons (Fsp3) is 0.318. The van der Waals surface area contributed by atoms with Gasteiger partial charge >= 0.3 is 0 Å². The van der Waals surface area contributed by atoms with Gasteiger partial charge in [-0.05, 0) is 24.6 Å². The van der Waals surface area contributed by atoms with Gasteiger partial charge in [-0.3, -0.25) is 15.0 Å². The molecule has 2 N–H and O–H groups in total. The van der Waals surface area contributed by atoms with Crippen LogP contribution in [0.3, 0.4) is 0 Å². The Bertz CT molecular complexity index is 1060. The Morgan fingerprint density at radius 3 is 2.29 bits per heavy atom. The molecule has 6 nitrogen and oxygen atoms in total. The van der Waals surface area contributed by atoms with Crippen LogP contribution in [0.1, 0.15) is 39.1 Å². The zero-order valence-electron chi connectivity index (χ0n) is 16.6. The highest BCUT2D eigenvalue weighted by Gasteiger charge is 2.28. The molecule has 0 saturated carbocycles. The monoisotopic (exact) mass is 379 g/mol. The Balaban J connectivity index is 2.13. The highest BCUT2D eigenvalue weighted by molar-refractivity contribution is 5.89. The van der Waals surface area contributed by atoms with Crippen LogP contribution in [0.15, 0.2) is 59.4 Å². The number of carbonyl (C=O) groups is 1. The molecule has 0 spiro atoms. The normalized spacial score (nSPS) is 13.9. The van der Waals surface area contributed by atoms with Crippen LogP contribution in [-0.4, -0.2) is 20.7 Å². The van der Waals surface area contributed by atoms with Crippen molar-refractivity contribution in [3.8, 4) is 0 Å². The number of hydrogen-bond acceptors (Lipinski definition) is 4. The molecule has 1 aromatic heterocycles. The van der Waals surface area contributed by atoms with E-state index in [0.717, 1.165) is 4.68 Å². The van der Waals surface area contributed by atoms with Gasteiger partial charge in [0.05, 0.1) is 16.5 Å². The average molecular weight is 379 g/mol. The summed E-state index contributed by atoms with van der Waals surface area (Å²) >= 11 is 0. The molecule has 0 bridgehead atoms. The molecule has 0 aliphatic rings. The molecule has 1 amide bonds. The van der Waals surface area contributed by atoms with Crippen LogP contribution in [0, 0.1) is 5.41 Å². The van der Waals surface area contributed by atoms with Crippen LogP contribution < -0.4 is 11.0 Å². The van der Waals surface area contributed by atoms with E-state index in [1.54, 1.807) is 52.0 Å². The van der Waals surface area contributed by atoms with Crippen LogP contribution in [-0.2, 0) is 16.8 Å². The maximum atomic E-state index is 13.1. The first kappa shape index (κ1) is 19.8. The molecule has 1 heterocycles. The lowest BCUT2D eigenvalue weighted by molar-refractivity contribution is -0.124. The second-order valence-electron chi connectivity index (χ2n) is 8.19. The van der Waals surface area contributed by atoms with Gasteiger partial charge in [-0.25, -0.2) is 9.66 Å². The van der Waals surface area contributed by atoms with Crippen molar-refractivity contribution >= 4 is 16.8 Å². The number of hydrogen-bond donors (Lipinski definition) is 2. The maximum Gasteiger partial charge on any atom is 0.280 e. The summed E-state index contributed by atoms with van der Waals surface area (Å²) in [5.41, 5.74) is 1.57. The molecule has 0 fully saturated rings. The van der Waals surface area contributed by atoms with Crippen LogP contribution in [0.2, 0.25) is 0 Å². The topological polar surface area (TPSA) is 84.2 Å². The molecule has 0 aliphatic carbocycles. The summed E-state index contributed by atoms with van der Waals surface area (Å²) in [5.74, 6) is -0.0255. The number of aromatic nitrogens is 2. The summed E-state index contributed by atoms with van der Waals surface area (Å²) in [6.45, 7) is 6.96. The molecule has 3 rings (SSSR count). The predicted octanol–water partition coefficient (Wildman–Crippen LogP) is 2.96. The van der Waals surface area contributed by atoms with Gasteiger partial charge in [0, 0.05) is 11.8 Å². The van der Waals surface area contributed by atoms with Crippen LogP contribution in [0.5, 0.6) is 0 Å². The molecular formula is C22H25N3O3. The first-order valence-electron chi connectivity index (χ1n) is 9.20. The minimum Gasteiger partial charge on any atom is -0.385 e. The van der Waals surface area contributed by atoms with E-state index in [0.29, 0.717) is 16.5 Å². The number of nitrogens with zero attached hydrogens (tertiary/aromatic N) is 2. The van der Waals surface area contributed by atoms with Gasteiger partial charge in [0.1, 0.15) is 5.82 Å². The van der Waals surface area contributed by atoms with Crippen molar-refractivity contribution in [2.75, 3.05) is 5.43 Å². The molecule has 2 aromatic carbocycles. The Hall–Kier alpha value is -2.99.